The number of hydrogen-bond donors (Lipinski definition) is 1. The van der Waals surface area contributed by atoms with Gasteiger partial charge in [-0.05, 0) is 49.7 Å². The maximum atomic E-state index is 12.5. The van der Waals surface area contributed by atoms with E-state index in [0.29, 0.717) is 28.2 Å². The minimum absolute atomic E-state index is 0.100. The van der Waals surface area contributed by atoms with Crippen LogP contribution in [0.15, 0.2) is 47.3 Å². The Morgan fingerprint density at radius 2 is 2.07 bits per heavy atom. The van der Waals surface area contributed by atoms with Crippen LogP contribution in [0.3, 0.4) is 0 Å². The first-order valence-electron chi connectivity index (χ1n) is 9.23. The number of aryl methyl sites for hydroxylation is 1. The quantitative estimate of drug-likeness (QED) is 0.666. The summed E-state index contributed by atoms with van der Waals surface area (Å²) in [5.41, 5.74) is 1.09. The van der Waals surface area contributed by atoms with E-state index in [0.717, 1.165) is 18.7 Å². The fourth-order valence-electron chi connectivity index (χ4n) is 3.30. The highest BCUT2D eigenvalue weighted by molar-refractivity contribution is 6.30. The maximum Gasteiger partial charge on any atom is 0.338 e. The molecule has 148 valence electrons. The van der Waals surface area contributed by atoms with Gasteiger partial charge in [0, 0.05) is 23.7 Å². The molecule has 0 bridgehead atoms. The van der Waals surface area contributed by atoms with E-state index in [4.69, 9.17) is 16.3 Å². The highest BCUT2D eigenvalue weighted by atomic mass is 35.5. The molecule has 0 radical (unpaired) electrons. The van der Waals surface area contributed by atoms with E-state index in [2.05, 4.69) is 10.3 Å². The molecule has 1 aromatic heterocycles. The van der Waals surface area contributed by atoms with Gasteiger partial charge in [0.05, 0.1) is 16.5 Å². The number of aromatic nitrogens is 2. The Morgan fingerprint density at radius 3 is 2.86 bits per heavy atom. The van der Waals surface area contributed by atoms with E-state index in [1.165, 1.54) is 19.1 Å². The van der Waals surface area contributed by atoms with Gasteiger partial charge in [-0.25, -0.2) is 9.78 Å². The summed E-state index contributed by atoms with van der Waals surface area (Å²) in [7, 11) is 0. The number of rotatable bonds is 4. The molecule has 0 spiro atoms. The van der Waals surface area contributed by atoms with Crippen LogP contribution in [0, 0.1) is 0 Å². The molecular weight excluding hydrogens is 394 g/mol. The van der Waals surface area contributed by atoms with Crippen molar-refractivity contribution in [2.24, 2.45) is 0 Å². The van der Waals surface area contributed by atoms with Crippen molar-refractivity contribution in [1.82, 2.24) is 9.55 Å². The van der Waals surface area contributed by atoms with Gasteiger partial charge in [-0.3, -0.25) is 14.2 Å². The minimum Gasteiger partial charge on any atom is -0.449 e. The summed E-state index contributed by atoms with van der Waals surface area (Å²) in [4.78, 5) is 41.8. The van der Waals surface area contributed by atoms with Crippen LogP contribution in [0.25, 0.3) is 10.9 Å². The Labute approximate surface area is 171 Å². The number of nitrogens with one attached hydrogen (secondary N) is 1. The molecule has 1 aliphatic heterocycles. The highest BCUT2D eigenvalue weighted by Gasteiger charge is 2.21. The molecule has 2 aromatic carbocycles. The second-order valence-electron chi connectivity index (χ2n) is 6.87. The monoisotopic (exact) mass is 411 g/mol. The predicted octanol–water partition coefficient (Wildman–Crippen LogP) is 3.18. The third-order valence-corrected chi connectivity index (χ3v) is 5.03. The fraction of sp³-hybridized carbons (Fsp3) is 0.238. The highest BCUT2D eigenvalue weighted by Crippen LogP contribution is 2.18. The molecule has 0 saturated heterocycles. The van der Waals surface area contributed by atoms with Crippen LogP contribution >= 0.6 is 11.6 Å². The van der Waals surface area contributed by atoms with Crippen molar-refractivity contribution in [3.63, 3.8) is 0 Å². The second kappa shape index (κ2) is 7.67. The summed E-state index contributed by atoms with van der Waals surface area (Å²) >= 11 is 5.90. The largest absolute Gasteiger partial charge is 0.449 e. The Balaban J connectivity index is 1.50. The number of esters is 1. The first kappa shape index (κ1) is 19.1. The molecule has 1 atom stereocenters. The smallest absolute Gasteiger partial charge is 0.338 e. The number of anilines is 1. The van der Waals surface area contributed by atoms with Gasteiger partial charge >= 0.3 is 5.97 Å². The van der Waals surface area contributed by atoms with Crippen LogP contribution in [-0.4, -0.2) is 27.5 Å². The van der Waals surface area contributed by atoms with Gasteiger partial charge < -0.3 is 10.1 Å². The number of carbonyl (C=O) groups is 2. The molecule has 0 aliphatic carbocycles. The molecule has 0 fully saturated rings. The first-order valence-corrected chi connectivity index (χ1v) is 9.61. The molecule has 1 N–H and O–H groups in total. The molecule has 8 heteroatoms. The van der Waals surface area contributed by atoms with Gasteiger partial charge in [0.2, 0.25) is 0 Å². The number of ether oxygens (including phenoxy) is 1. The van der Waals surface area contributed by atoms with Crippen molar-refractivity contribution in [1.29, 1.82) is 0 Å². The lowest BCUT2D eigenvalue weighted by Gasteiger charge is -2.14. The average molecular weight is 412 g/mol. The van der Waals surface area contributed by atoms with Crippen LogP contribution in [0.5, 0.6) is 0 Å². The van der Waals surface area contributed by atoms with Crippen LogP contribution in [0.4, 0.5) is 5.69 Å². The van der Waals surface area contributed by atoms with Crippen molar-refractivity contribution in [3.8, 4) is 0 Å². The van der Waals surface area contributed by atoms with E-state index in [9.17, 15) is 14.4 Å². The van der Waals surface area contributed by atoms with Crippen molar-refractivity contribution in [3.05, 3.63) is 69.2 Å². The van der Waals surface area contributed by atoms with Gasteiger partial charge in [0.15, 0.2) is 6.10 Å². The molecule has 4 rings (SSSR count). The Hall–Kier alpha value is -3.19. The van der Waals surface area contributed by atoms with E-state index in [1.807, 2.05) is 0 Å². The zero-order valence-electron chi connectivity index (χ0n) is 15.6. The summed E-state index contributed by atoms with van der Waals surface area (Å²) in [6.45, 7) is 2.15. The van der Waals surface area contributed by atoms with Crippen LogP contribution in [0.1, 0.15) is 29.5 Å². The average Bonchev–Trinajstić information content (AvgIpc) is 3.16. The summed E-state index contributed by atoms with van der Waals surface area (Å²) in [5.74, 6) is -0.416. The van der Waals surface area contributed by atoms with Crippen LogP contribution in [0.2, 0.25) is 5.02 Å². The molecular formula is C21H18ClN3O4. The molecule has 1 amide bonds. The van der Waals surface area contributed by atoms with Crippen molar-refractivity contribution < 1.29 is 14.3 Å². The number of hydrogen-bond acceptors (Lipinski definition) is 5. The molecule has 3 aromatic rings. The molecule has 29 heavy (non-hydrogen) atoms. The SMILES string of the molecule is C[C@H](OC(=O)c1ccc2c(=O)n3c(nc2c1)CCC3)C(=O)Nc1cccc(Cl)c1. The van der Waals surface area contributed by atoms with Gasteiger partial charge in [-0.1, -0.05) is 17.7 Å². The first-order chi connectivity index (χ1) is 13.9. The van der Waals surface area contributed by atoms with Crippen molar-refractivity contribution in [2.45, 2.75) is 32.4 Å². The van der Waals surface area contributed by atoms with E-state index in [1.54, 1.807) is 34.9 Å². The van der Waals surface area contributed by atoms with Crippen molar-refractivity contribution in [2.75, 3.05) is 5.32 Å². The predicted molar refractivity (Wildman–Crippen MR) is 109 cm³/mol. The number of nitrogens with zero attached hydrogens (tertiary/aromatic N) is 2. The topological polar surface area (TPSA) is 90.3 Å². The zero-order valence-corrected chi connectivity index (χ0v) is 16.4. The lowest BCUT2D eigenvalue weighted by Crippen LogP contribution is -2.30. The Kier molecular flexibility index (Phi) is 5.07. The molecule has 0 saturated carbocycles. The Bertz CT molecular complexity index is 1190. The summed E-state index contributed by atoms with van der Waals surface area (Å²) in [6.07, 6.45) is 0.601. The van der Waals surface area contributed by atoms with Gasteiger partial charge in [0.25, 0.3) is 11.5 Å². The van der Waals surface area contributed by atoms with Crippen LogP contribution < -0.4 is 10.9 Å². The lowest BCUT2D eigenvalue weighted by molar-refractivity contribution is -0.123. The number of amides is 1. The fourth-order valence-corrected chi connectivity index (χ4v) is 3.49. The summed E-state index contributed by atoms with van der Waals surface area (Å²) in [6, 6.07) is 11.3. The standard InChI is InChI=1S/C21H18ClN3O4/c1-12(19(26)23-15-5-2-4-14(22)11-15)29-21(28)13-7-8-16-17(10-13)24-18-6-3-9-25(18)20(16)27/h2,4-5,7-8,10-12H,3,6,9H2,1H3,(H,23,26)/t12-/m0/s1. The normalized spacial score (nSPS) is 13.7. The van der Waals surface area contributed by atoms with Gasteiger partial charge in [-0.15, -0.1) is 0 Å². The summed E-state index contributed by atoms with van der Waals surface area (Å²) < 4.78 is 6.95. The number of carbonyl (C=O) groups excluding carboxylic acids is 2. The second-order valence-corrected chi connectivity index (χ2v) is 7.30. The number of halogens is 1. The maximum absolute atomic E-state index is 12.5. The third-order valence-electron chi connectivity index (χ3n) is 4.80. The minimum atomic E-state index is -1.02. The van der Waals surface area contributed by atoms with Gasteiger partial charge in [-0.2, -0.15) is 0 Å². The molecule has 7 nitrogen and oxygen atoms in total. The van der Waals surface area contributed by atoms with Crippen molar-refractivity contribution >= 4 is 40.1 Å². The van der Waals surface area contributed by atoms with E-state index in [-0.39, 0.29) is 11.1 Å². The zero-order chi connectivity index (χ0) is 20.5. The lowest BCUT2D eigenvalue weighted by atomic mass is 10.1. The van der Waals surface area contributed by atoms with E-state index >= 15 is 0 Å². The Morgan fingerprint density at radius 1 is 1.24 bits per heavy atom. The number of fused-ring (bicyclic) bond motifs is 2. The van der Waals surface area contributed by atoms with Crippen LogP contribution in [-0.2, 0) is 22.5 Å². The molecule has 2 heterocycles. The molecule has 1 aliphatic rings. The summed E-state index contributed by atoms with van der Waals surface area (Å²) in [5, 5.41) is 3.59. The van der Waals surface area contributed by atoms with E-state index < -0.39 is 18.0 Å². The number of benzene rings is 2. The third kappa shape index (κ3) is 3.86. The molecule has 0 unspecified atom stereocenters. The van der Waals surface area contributed by atoms with Gasteiger partial charge in [0.1, 0.15) is 5.82 Å².